The Morgan fingerprint density at radius 3 is 0.561 bits per heavy atom. The number of rotatable bonds is 12. The Labute approximate surface area is 565 Å². The summed E-state index contributed by atoms with van der Waals surface area (Å²) in [7, 11) is -5.54. The van der Waals surface area contributed by atoms with Crippen molar-refractivity contribution < 1.29 is 17.7 Å². The van der Waals surface area contributed by atoms with Crippen LogP contribution >= 0.6 is 0 Å². The van der Waals surface area contributed by atoms with Gasteiger partial charge in [0.2, 0.25) is 22.9 Å². The molecule has 0 saturated heterocycles. The molecule has 0 unspecified atom stereocenters. The van der Waals surface area contributed by atoms with E-state index >= 15 is 0 Å². The van der Waals surface area contributed by atoms with Crippen LogP contribution in [0.3, 0.4) is 0 Å². The first kappa shape index (κ1) is 56.9. The molecule has 0 aliphatic carbocycles. The van der Waals surface area contributed by atoms with E-state index in [1.807, 2.05) is 0 Å². The van der Waals surface area contributed by atoms with E-state index in [-0.39, 0.29) is 0 Å². The highest BCUT2D eigenvalue weighted by molar-refractivity contribution is 7.20. The molecule has 0 radical (unpaired) electrons. The molecule has 0 atom stereocenters. The van der Waals surface area contributed by atoms with Crippen LogP contribution < -0.4 is 41.5 Å². The third-order valence-electron chi connectivity index (χ3n) is 20.2. The average Bonchev–Trinajstić information content (AvgIpc) is 1.13. The van der Waals surface area contributed by atoms with Gasteiger partial charge in [-0.05, 0) is 139 Å². The monoisotopic (exact) mass is 1290 g/mol. The molecule has 0 fully saturated rings. The molecule has 10 heteroatoms. The van der Waals surface area contributed by atoms with Gasteiger partial charge in [-0.15, -0.1) is 0 Å². The maximum atomic E-state index is 6.05. The lowest BCUT2D eigenvalue weighted by molar-refractivity contribution is 0.595. The fraction of sp³-hybridized carbons (Fsp3) is 0. The van der Waals surface area contributed by atoms with Crippen molar-refractivity contribution in [3.8, 4) is 22.7 Å². The number of aromatic nitrogens is 4. The van der Waals surface area contributed by atoms with Crippen LogP contribution in [0.4, 0.5) is 0 Å². The number of para-hydroxylation sites is 4. The molecule has 20 aromatic rings. The summed E-state index contributed by atoms with van der Waals surface area (Å²) >= 11 is 0. The van der Waals surface area contributed by atoms with Crippen molar-refractivity contribution in [2.75, 3.05) is 0 Å². The lowest BCUT2D eigenvalue weighted by Crippen LogP contribution is -2.74. The number of furan rings is 4. The van der Waals surface area contributed by atoms with Crippen LogP contribution in [-0.4, -0.2) is 34.4 Å². The second-order valence-electron chi connectivity index (χ2n) is 25.1. The van der Waals surface area contributed by atoms with Crippen molar-refractivity contribution in [3.05, 3.63) is 365 Å². The molecule has 0 N–H and O–H groups in total. The fourth-order valence-corrected chi connectivity index (χ4v) is 25.4. The maximum absolute atomic E-state index is 6.05. The highest BCUT2D eigenvalue weighted by Gasteiger charge is 2.43. The SMILES string of the molecule is c1ccc([Si](c2ccccc2)(c2ccc(-n3c4ccccc4c4ccoc43)cc2)c2ccc(-n3c4ccccc4c4ccoc43)cc2)cc1.c1ccc([Si](c2ccccc2)(c2ccc(-n3c4ccccc4c4ccoc43)cc2)c2ccc(-n3c4ccccc4c4ccoc43)cc2)cc1. The van der Waals surface area contributed by atoms with Crippen LogP contribution in [0.1, 0.15) is 0 Å². The zero-order chi connectivity index (χ0) is 64.7. The first-order valence-electron chi connectivity index (χ1n) is 33.2. The summed E-state index contributed by atoms with van der Waals surface area (Å²) in [6, 6.07) is 123. The molecule has 20 rings (SSSR count). The molecule has 0 amide bonds. The van der Waals surface area contributed by atoms with Crippen molar-refractivity contribution in [1.29, 1.82) is 0 Å². The van der Waals surface area contributed by atoms with Crippen molar-refractivity contribution >= 4 is 146 Å². The molecule has 0 spiro atoms. The normalized spacial score (nSPS) is 12.1. The van der Waals surface area contributed by atoms with Crippen LogP contribution in [0.2, 0.25) is 0 Å². The molecular weight excluding hydrogens is 1230 g/mol. The van der Waals surface area contributed by atoms with E-state index in [0.717, 1.165) is 89.2 Å². The quantitative estimate of drug-likeness (QED) is 0.0903. The zero-order valence-corrected chi connectivity index (χ0v) is 55.1. The van der Waals surface area contributed by atoms with E-state index in [4.69, 9.17) is 17.7 Å². The van der Waals surface area contributed by atoms with Crippen LogP contribution in [0, 0.1) is 0 Å². The molecule has 0 bridgehead atoms. The van der Waals surface area contributed by atoms with Gasteiger partial charge in [0.15, 0.2) is 16.1 Å². The molecule has 0 aliphatic rings. The van der Waals surface area contributed by atoms with Crippen LogP contribution in [0.25, 0.3) is 111 Å². The third kappa shape index (κ3) is 8.68. The van der Waals surface area contributed by atoms with E-state index in [9.17, 15) is 0 Å². The van der Waals surface area contributed by atoms with Gasteiger partial charge in [-0.1, -0.05) is 243 Å². The lowest BCUT2D eigenvalue weighted by Gasteiger charge is -2.34. The van der Waals surface area contributed by atoms with Gasteiger partial charge in [0.25, 0.3) is 0 Å². The Morgan fingerprint density at radius 2 is 0.347 bits per heavy atom. The summed E-state index contributed by atoms with van der Waals surface area (Å²) in [6.07, 6.45) is 7.12. The van der Waals surface area contributed by atoms with Crippen LogP contribution in [0.15, 0.2) is 382 Å². The number of hydrogen-bond donors (Lipinski definition) is 0. The predicted molar refractivity (Wildman–Crippen MR) is 407 cm³/mol. The minimum Gasteiger partial charge on any atom is -0.447 e. The number of fused-ring (bicyclic) bond motifs is 12. The van der Waals surface area contributed by atoms with Crippen LogP contribution in [0.5, 0.6) is 0 Å². The van der Waals surface area contributed by atoms with E-state index in [1.165, 1.54) is 63.0 Å². The topological polar surface area (TPSA) is 72.3 Å². The number of benzene rings is 12. The summed E-state index contributed by atoms with van der Waals surface area (Å²) < 4.78 is 33.1. The Morgan fingerprint density at radius 1 is 0.163 bits per heavy atom. The highest BCUT2D eigenvalue weighted by Crippen LogP contribution is 2.37. The van der Waals surface area contributed by atoms with Crippen LogP contribution in [-0.2, 0) is 0 Å². The molecule has 0 saturated carbocycles. The van der Waals surface area contributed by atoms with Crippen molar-refractivity contribution in [2.24, 2.45) is 0 Å². The minimum atomic E-state index is -2.77. The molecule has 464 valence electrons. The zero-order valence-electron chi connectivity index (χ0n) is 53.1. The van der Waals surface area contributed by atoms with Gasteiger partial charge in [-0.2, -0.15) is 0 Å². The van der Waals surface area contributed by atoms with E-state index in [0.29, 0.717) is 0 Å². The molecule has 8 aromatic heterocycles. The average molecular weight is 1290 g/mol. The van der Waals surface area contributed by atoms with Crippen molar-refractivity contribution in [3.63, 3.8) is 0 Å². The summed E-state index contributed by atoms with van der Waals surface area (Å²) in [4.78, 5) is 0. The van der Waals surface area contributed by atoms with Gasteiger partial charge in [0.1, 0.15) is 0 Å². The Hall–Kier alpha value is -12.6. The Balaban J connectivity index is 0.000000137. The lowest BCUT2D eigenvalue weighted by atomic mass is 10.2. The Bertz CT molecular complexity index is 5500. The van der Waals surface area contributed by atoms with Gasteiger partial charge in [0.05, 0.1) is 47.1 Å². The standard InChI is InChI=1S/2C44H30N2O2Si/c2*1-3-11-33(12-4-1)49(34-13-5-2-6-14-34,35-23-19-31(20-24-35)45-41-17-9-7-15-37(41)39-27-29-47-43(39)45)36-25-21-32(22-26-36)46-42-18-10-8-16-38(42)40-28-30-48-44(40)46/h2*1-30H. The van der Waals surface area contributed by atoms with Gasteiger partial charge in [0, 0.05) is 65.8 Å². The van der Waals surface area contributed by atoms with Gasteiger partial charge < -0.3 is 17.7 Å². The fourth-order valence-electron chi connectivity index (χ4n) is 16.0. The Kier molecular flexibility index (Phi) is 13.4. The van der Waals surface area contributed by atoms with E-state index in [2.05, 4.69) is 358 Å². The molecule has 8 heterocycles. The first-order valence-corrected chi connectivity index (χ1v) is 37.2. The summed E-state index contributed by atoms with van der Waals surface area (Å²) in [5.41, 5.74) is 12.3. The summed E-state index contributed by atoms with van der Waals surface area (Å²) in [5.74, 6) is 0. The second-order valence-corrected chi connectivity index (χ2v) is 32.7. The predicted octanol–water partition coefficient (Wildman–Crippen LogP) is 16.9. The highest BCUT2D eigenvalue weighted by atomic mass is 28.3. The summed E-state index contributed by atoms with van der Waals surface area (Å²) in [6.45, 7) is 0. The number of nitrogens with zero attached hydrogens (tertiary/aromatic N) is 4. The number of hydrogen-bond acceptors (Lipinski definition) is 4. The first-order chi connectivity index (χ1) is 48.6. The van der Waals surface area contributed by atoms with Crippen molar-refractivity contribution in [1.82, 2.24) is 18.3 Å². The van der Waals surface area contributed by atoms with Crippen molar-refractivity contribution in [2.45, 2.75) is 0 Å². The van der Waals surface area contributed by atoms with Gasteiger partial charge >= 0.3 is 0 Å². The molecular formula is C88H60N4O4Si2. The molecule has 12 aromatic carbocycles. The smallest absolute Gasteiger partial charge is 0.212 e. The second kappa shape index (κ2) is 23.1. The van der Waals surface area contributed by atoms with Gasteiger partial charge in [-0.3, -0.25) is 18.3 Å². The van der Waals surface area contributed by atoms with E-state index < -0.39 is 16.1 Å². The molecule has 0 aliphatic heterocycles. The molecule has 98 heavy (non-hydrogen) atoms. The maximum Gasteiger partial charge on any atom is 0.212 e. The third-order valence-corrected chi connectivity index (χ3v) is 29.8. The minimum absolute atomic E-state index is 0.863. The largest absolute Gasteiger partial charge is 0.447 e. The van der Waals surface area contributed by atoms with Gasteiger partial charge in [-0.25, -0.2) is 0 Å². The summed E-state index contributed by atoms with van der Waals surface area (Å²) in [5, 5.41) is 19.8. The van der Waals surface area contributed by atoms with E-state index in [1.54, 1.807) is 25.1 Å². The molecule has 8 nitrogen and oxygen atoms in total.